The van der Waals surface area contributed by atoms with Crippen LogP contribution in [0.5, 0.6) is 0 Å². The van der Waals surface area contributed by atoms with E-state index >= 15 is 0 Å². The third kappa shape index (κ3) is 2.63. The summed E-state index contributed by atoms with van der Waals surface area (Å²) in [7, 11) is 1.87. The molecule has 0 unspecified atom stereocenters. The first kappa shape index (κ1) is 13.8. The van der Waals surface area contributed by atoms with Crippen LogP contribution in [-0.4, -0.2) is 42.5 Å². The molecule has 0 N–H and O–H groups in total. The fourth-order valence-corrected chi connectivity index (χ4v) is 2.72. The maximum absolute atomic E-state index is 4.53. The molecule has 23 heavy (non-hydrogen) atoms. The molecule has 1 saturated heterocycles. The summed E-state index contributed by atoms with van der Waals surface area (Å²) in [5, 5.41) is 8.89. The van der Waals surface area contributed by atoms with Crippen molar-refractivity contribution in [2.45, 2.75) is 19.8 Å². The second-order valence-electron chi connectivity index (χ2n) is 5.71. The number of aryl methyl sites for hydroxylation is 2. The lowest BCUT2D eigenvalue weighted by Crippen LogP contribution is -2.19. The van der Waals surface area contributed by atoms with Crippen molar-refractivity contribution in [3.63, 3.8) is 0 Å². The number of rotatable bonds is 1. The average molecular weight is 307 g/mol. The Hall–Kier alpha value is -2.88. The summed E-state index contributed by atoms with van der Waals surface area (Å²) in [6, 6.07) is 3.78. The predicted molar refractivity (Wildman–Crippen MR) is 86.2 cm³/mol. The molecule has 0 aliphatic carbocycles. The SMILES string of the molecule is Cc1cn2nc(C#Cc3nc(N4CCCC4)nn3C)ccc2n1. The Morgan fingerprint density at radius 3 is 2.70 bits per heavy atom. The molecule has 0 spiro atoms. The Morgan fingerprint density at radius 1 is 1.04 bits per heavy atom. The number of aromatic nitrogens is 6. The monoisotopic (exact) mass is 307 g/mol. The van der Waals surface area contributed by atoms with Crippen LogP contribution in [-0.2, 0) is 7.05 Å². The molecule has 0 bridgehead atoms. The largest absolute Gasteiger partial charge is 0.340 e. The van der Waals surface area contributed by atoms with Crippen LogP contribution in [0.3, 0.4) is 0 Å². The second kappa shape index (κ2) is 5.39. The molecule has 0 aromatic carbocycles. The number of anilines is 1. The fourth-order valence-electron chi connectivity index (χ4n) is 2.72. The summed E-state index contributed by atoms with van der Waals surface area (Å²) in [4.78, 5) is 11.1. The maximum Gasteiger partial charge on any atom is 0.245 e. The van der Waals surface area contributed by atoms with Crippen molar-refractivity contribution in [3.8, 4) is 11.8 Å². The van der Waals surface area contributed by atoms with Gasteiger partial charge >= 0.3 is 0 Å². The minimum Gasteiger partial charge on any atom is -0.340 e. The van der Waals surface area contributed by atoms with Crippen molar-refractivity contribution in [1.29, 1.82) is 0 Å². The summed E-state index contributed by atoms with van der Waals surface area (Å²) >= 11 is 0. The second-order valence-corrected chi connectivity index (χ2v) is 5.71. The van der Waals surface area contributed by atoms with Gasteiger partial charge in [-0.3, -0.25) is 0 Å². The van der Waals surface area contributed by atoms with Crippen LogP contribution < -0.4 is 4.90 Å². The van der Waals surface area contributed by atoms with Crippen LogP contribution >= 0.6 is 0 Å². The highest BCUT2D eigenvalue weighted by molar-refractivity contribution is 5.43. The molecule has 4 heterocycles. The van der Waals surface area contributed by atoms with Gasteiger partial charge in [-0.15, -0.1) is 5.10 Å². The standard InChI is InChI=1S/C16H17N7/c1-12-11-23-15(17-12)8-6-13(19-23)5-7-14-18-16(20-21(14)2)22-9-3-4-10-22/h6,8,11H,3-4,9-10H2,1-2H3. The summed E-state index contributed by atoms with van der Waals surface area (Å²) in [5.74, 6) is 7.53. The summed E-state index contributed by atoms with van der Waals surface area (Å²) in [6.07, 6.45) is 4.29. The molecule has 0 saturated carbocycles. The molecule has 3 aromatic rings. The predicted octanol–water partition coefficient (Wildman–Crippen LogP) is 1.17. The molecule has 0 atom stereocenters. The number of hydrogen-bond donors (Lipinski definition) is 0. The van der Waals surface area contributed by atoms with E-state index in [1.807, 2.05) is 32.3 Å². The van der Waals surface area contributed by atoms with E-state index in [-0.39, 0.29) is 0 Å². The lowest BCUT2D eigenvalue weighted by Gasteiger charge is -2.10. The first-order valence-electron chi connectivity index (χ1n) is 7.70. The zero-order valence-corrected chi connectivity index (χ0v) is 13.2. The van der Waals surface area contributed by atoms with Crippen LogP contribution in [0.25, 0.3) is 5.65 Å². The van der Waals surface area contributed by atoms with E-state index in [0.717, 1.165) is 30.4 Å². The Kier molecular flexibility index (Phi) is 3.23. The molecule has 116 valence electrons. The van der Waals surface area contributed by atoms with E-state index in [4.69, 9.17) is 0 Å². The fraction of sp³-hybridized carbons (Fsp3) is 0.375. The van der Waals surface area contributed by atoms with Gasteiger partial charge in [0.05, 0.1) is 11.9 Å². The first-order valence-corrected chi connectivity index (χ1v) is 7.70. The van der Waals surface area contributed by atoms with E-state index in [9.17, 15) is 0 Å². The quantitative estimate of drug-likeness (QED) is 0.631. The highest BCUT2D eigenvalue weighted by atomic mass is 15.4. The van der Waals surface area contributed by atoms with E-state index in [0.29, 0.717) is 11.5 Å². The molecule has 1 aliphatic heterocycles. The topological polar surface area (TPSA) is 64.1 Å². The summed E-state index contributed by atoms with van der Waals surface area (Å²) < 4.78 is 3.46. The molecule has 0 amide bonds. The van der Waals surface area contributed by atoms with Gasteiger partial charge in [0.2, 0.25) is 11.8 Å². The van der Waals surface area contributed by atoms with Gasteiger partial charge in [0.25, 0.3) is 0 Å². The molecule has 7 nitrogen and oxygen atoms in total. The van der Waals surface area contributed by atoms with Crippen LogP contribution in [0.4, 0.5) is 5.95 Å². The van der Waals surface area contributed by atoms with Crippen LogP contribution in [0.1, 0.15) is 30.1 Å². The smallest absolute Gasteiger partial charge is 0.245 e. The molecule has 1 fully saturated rings. The van der Waals surface area contributed by atoms with E-state index < -0.39 is 0 Å². The third-order valence-electron chi connectivity index (χ3n) is 3.88. The Morgan fingerprint density at radius 2 is 1.87 bits per heavy atom. The zero-order chi connectivity index (χ0) is 15.8. The van der Waals surface area contributed by atoms with Crippen molar-refractivity contribution in [2.75, 3.05) is 18.0 Å². The molecular weight excluding hydrogens is 290 g/mol. The number of imidazole rings is 1. The summed E-state index contributed by atoms with van der Waals surface area (Å²) in [6.45, 7) is 3.99. The van der Waals surface area contributed by atoms with Gasteiger partial charge in [-0.2, -0.15) is 10.1 Å². The van der Waals surface area contributed by atoms with E-state index in [1.165, 1.54) is 12.8 Å². The molecule has 0 radical (unpaired) electrons. The van der Waals surface area contributed by atoms with Crippen molar-refractivity contribution >= 4 is 11.6 Å². The highest BCUT2D eigenvalue weighted by Gasteiger charge is 2.17. The normalized spacial score (nSPS) is 14.3. The minimum atomic E-state index is 0.649. The van der Waals surface area contributed by atoms with Crippen LogP contribution in [0.15, 0.2) is 18.3 Å². The Balaban J connectivity index is 1.63. The molecule has 4 rings (SSSR count). The van der Waals surface area contributed by atoms with Crippen molar-refractivity contribution in [2.24, 2.45) is 7.05 Å². The zero-order valence-electron chi connectivity index (χ0n) is 13.2. The Labute approximate surface area is 134 Å². The molecule has 7 heteroatoms. The molecular formula is C16H17N7. The summed E-state index contributed by atoms with van der Waals surface area (Å²) in [5.41, 5.74) is 2.44. The maximum atomic E-state index is 4.53. The first-order chi connectivity index (χ1) is 11.2. The van der Waals surface area contributed by atoms with Gasteiger partial charge in [0.15, 0.2) is 5.65 Å². The Bertz CT molecular complexity index is 919. The van der Waals surface area contributed by atoms with Crippen molar-refractivity contribution in [3.05, 3.63) is 35.5 Å². The van der Waals surface area contributed by atoms with Gasteiger partial charge in [0, 0.05) is 20.1 Å². The number of fused-ring (bicyclic) bond motifs is 1. The van der Waals surface area contributed by atoms with E-state index in [1.54, 1.807) is 9.20 Å². The van der Waals surface area contributed by atoms with Crippen molar-refractivity contribution < 1.29 is 0 Å². The van der Waals surface area contributed by atoms with Gasteiger partial charge in [-0.1, -0.05) is 0 Å². The minimum absolute atomic E-state index is 0.649. The molecule has 3 aromatic heterocycles. The van der Waals surface area contributed by atoms with Gasteiger partial charge in [-0.05, 0) is 43.7 Å². The van der Waals surface area contributed by atoms with Crippen molar-refractivity contribution in [1.82, 2.24) is 29.4 Å². The van der Waals surface area contributed by atoms with Gasteiger partial charge < -0.3 is 4.90 Å². The average Bonchev–Trinajstić information content (AvgIpc) is 3.23. The van der Waals surface area contributed by atoms with Gasteiger partial charge in [-0.25, -0.2) is 14.2 Å². The lowest BCUT2D eigenvalue weighted by atomic mass is 10.4. The van der Waals surface area contributed by atoms with Crippen LogP contribution in [0, 0.1) is 18.8 Å². The lowest BCUT2D eigenvalue weighted by molar-refractivity contribution is 0.745. The number of hydrogen-bond acceptors (Lipinski definition) is 5. The van der Waals surface area contributed by atoms with Gasteiger partial charge in [0.1, 0.15) is 5.69 Å². The third-order valence-corrected chi connectivity index (χ3v) is 3.88. The van der Waals surface area contributed by atoms with E-state index in [2.05, 4.69) is 36.9 Å². The molecule has 1 aliphatic rings. The number of nitrogens with zero attached hydrogens (tertiary/aromatic N) is 7. The highest BCUT2D eigenvalue weighted by Crippen LogP contribution is 2.15. The van der Waals surface area contributed by atoms with Crippen LogP contribution in [0.2, 0.25) is 0 Å².